The van der Waals surface area contributed by atoms with Crippen molar-refractivity contribution >= 4 is 32.3 Å². The summed E-state index contributed by atoms with van der Waals surface area (Å²) in [6, 6.07) is 79.1. The highest BCUT2D eigenvalue weighted by Crippen LogP contribution is 2.54. The molecule has 0 spiro atoms. The van der Waals surface area contributed by atoms with Crippen LogP contribution in [-0.2, 0) is 5.41 Å². The summed E-state index contributed by atoms with van der Waals surface area (Å²) in [4.78, 5) is 10.5. The van der Waals surface area contributed by atoms with E-state index in [1.54, 1.807) is 0 Å². The van der Waals surface area contributed by atoms with Crippen molar-refractivity contribution in [3.63, 3.8) is 0 Å². The number of benzene rings is 10. The molecule has 1 aromatic heterocycles. The second-order valence-corrected chi connectivity index (χ2v) is 17.3. The molecule has 0 amide bonds. The Balaban J connectivity index is 1.00. The lowest BCUT2D eigenvalue weighted by Crippen LogP contribution is -2.16. The van der Waals surface area contributed by atoms with E-state index in [2.05, 4.69) is 214 Å². The zero-order valence-electron chi connectivity index (χ0n) is 35.2. The maximum Gasteiger partial charge on any atom is 0.160 e. The third-order valence-electron chi connectivity index (χ3n) is 13.3. The Bertz CT molecular complexity index is 3580. The van der Waals surface area contributed by atoms with Crippen LogP contribution in [0.25, 0.3) is 111 Å². The van der Waals surface area contributed by atoms with E-state index < -0.39 is 0 Å². The monoisotopic (exact) mass is 802 g/mol. The molecule has 2 heteroatoms. The van der Waals surface area contributed by atoms with Crippen molar-refractivity contribution < 1.29 is 0 Å². The average Bonchev–Trinajstić information content (AvgIpc) is 3.57. The van der Waals surface area contributed by atoms with E-state index in [0.29, 0.717) is 5.82 Å². The number of hydrogen-bond donors (Lipinski definition) is 0. The second-order valence-electron chi connectivity index (χ2n) is 17.3. The molecule has 0 radical (unpaired) electrons. The smallest absolute Gasteiger partial charge is 0.160 e. The van der Waals surface area contributed by atoms with E-state index in [-0.39, 0.29) is 5.41 Å². The van der Waals surface area contributed by atoms with E-state index in [9.17, 15) is 0 Å². The van der Waals surface area contributed by atoms with E-state index in [4.69, 9.17) is 9.97 Å². The molecule has 12 rings (SSSR count). The van der Waals surface area contributed by atoms with Gasteiger partial charge < -0.3 is 0 Å². The molecular weight excluding hydrogens is 761 g/mol. The molecule has 0 unspecified atom stereocenters. The first-order valence-electron chi connectivity index (χ1n) is 21.8. The molecule has 0 N–H and O–H groups in total. The van der Waals surface area contributed by atoms with Crippen molar-refractivity contribution in [1.29, 1.82) is 0 Å². The first kappa shape index (κ1) is 36.9. The predicted octanol–water partition coefficient (Wildman–Crippen LogP) is 16.2. The van der Waals surface area contributed by atoms with Gasteiger partial charge in [0.05, 0.1) is 11.4 Å². The fourth-order valence-electron chi connectivity index (χ4n) is 10.3. The highest BCUT2D eigenvalue weighted by molar-refractivity contribution is 6.13. The molecule has 0 saturated carbocycles. The maximum absolute atomic E-state index is 5.29. The molecule has 1 aliphatic carbocycles. The summed E-state index contributed by atoms with van der Waals surface area (Å²) in [5, 5.41) is 7.39. The van der Waals surface area contributed by atoms with Gasteiger partial charge in [-0.05, 0) is 112 Å². The summed E-state index contributed by atoms with van der Waals surface area (Å²) in [5.41, 5.74) is 17.5. The number of hydrogen-bond acceptors (Lipinski definition) is 2. The van der Waals surface area contributed by atoms with Gasteiger partial charge in [0.1, 0.15) is 0 Å². The van der Waals surface area contributed by atoms with Gasteiger partial charge in [0.25, 0.3) is 0 Å². The van der Waals surface area contributed by atoms with Gasteiger partial charge in [-0.15, -0.1) is 0 Å². The summed E-state index contributed by atoms with van der Waals surface area (Å²) in [6.07, 6.45) is 0. The second kappa shape index (κ2) is 14.6. The lowest BCUT2D eigenvalue weighted by molar-refractivity contribution is 0.663. The van der Waals surface area contributed by atoms with Crippen molar-refractivity contribution in [2.24, 2.45) is 0 Å². The average molecular weight is 803 g/mol. The molecular formula is C61H42N2. The van der Waals surface area contributed by atoms with Crippen molar-refractivity contribution in [1.82, 2.24) is 9.97 Å². The molecule has 0 bridgehead atoms. The molecule has 2 nitrogen and oxygen atoms in total. The molecule has 0 atom stereocenters. The van der Waals surface area contributed by atoms with Gasteiger partial charge in [0, 0.05) is 22.1 Å². The van der Waals surface area contributed by atoms with Crippen molar-refractivity contribution in [3.05, 3.63) is 230 Å². The van der Waals surface area contributed by atoms with Crippen molar-refractivity contribution in [2.75, 3.05) is 0 Å². The van der Waals surface area contributed by atoms with E-state index >= 15 is 0 Å². The minimum absolute atomic E-state index is 0.164. The van der Waals surface area contributed by atoms with Crippen LogP contribution in [0.15, 0.2) is 218 Å². The molecule has 0 saturated heterocycles. The highest BCUT2D eigenvalue weighted by atomic mass is 14.9. The zero-order chi connectivity index (χ0) is 42.1. The highest BCUT2D eigenvalue weighted by Gasteiger charge is 2.38. The van der Waals surface area contributed by atoms with Gasteiger partial charge >= 0.3 is 0 Å². The summed E-state index contributed by atoms with van der Waals surface area (Å²) < 4.78 is 0. The molecule has 11 aromatic rings. The molecule has 296 valence electrons. The van der Waals surface area contributed by atoms with Gasteiger partial charge in [-0.1, -0.05) is 208 Å². The third-order valence-corrected chi connectivity index (χ3v) is 13.3. The number of rotatable bonds is 6. The molecule has 63 heavy (non-hydrogen) atoms. The summed E-state index contributed by atoms with van der Waals surface area (Å²) in [5.74, 6) is 0.704. The lowest BCUT2D eigenvalue weighted by Gasteiger charge is -2.25. The van der Waals surface area contributed by atoms with Crippen molar-refractivity contribution in [3.8, 4) is 78.4 Å². The van der Waals surface area contributed by atoms with Gasteiger partial charge in [-0.25, -0.2) is 9.97 Å². The van der Waals surface area contributed by atoms with Gasteiger partial charge in [0.2, 0.25) is 0 Å². The Morgan fingerprint density at radius 3 is 1.41 bits per heavy atom. The molecule has 0 aliphatic heterocycles. The van der Waals surface area contributed by atoms with Gasteiger partial charge in [-0.2, -0.15) is 0 Å². The first-order chi connectivity index (χ1) is 31.0. The minimum atomic E-state index is -0.164. The van der Waals surface area contributed by atoms with Gasteiger partial charge in [-0.3, -0.25) is 0 Å². The number of fused-ring (bicyclic) bond motifs is 6. The van der Waals surface area contributed by atoms with Crippen LogP contribution in [0.3, 0.4) is 0 Å². The topological polar surface area (TPSA) is 25.8 Å². The van der Waals surface area contributed by atoms with E-state index in [0.717, 1.165) is 39.0 Å². The predicted molar refractivity (Wildman–Crippen MR) is 265 cm³/mol. The zero-order valence-corrected chi connectivity index (χ0v) is 35.2. The Hall–Kier alpha value is -7.94. The van der Waals surface area contributed by atoms with Crippen LogP contribution in [0.4, 0.5) is 0 Å². The van der Waals surface area contributed by atoms with Crippen LogP contribution in [0.2, 0.25) is 0 Å². The van der Waals surface area contributed by atoms with Crippen molar-refractivity contribution in [2.45, 2.75) is 19.3 Å². The fraction of sp³-hybridized carbons (Fsp3) is 0.0492. The van der Waals surface area contributed by atoms with Crippen LogP contribution in [-0.4, -0.2) is 9.97 Å². The largest absolute Gasteiger partial charge is 0.228 e. The normalized spacial score (nSPS) is 12.7. The summed E-state index contributed by atoms with van der Waals surface area (Å²) in [7, 11) is 0. The number of aromatic nitrogens is 2. The van der Waals surface area contributed by atoms with E-state index in [1.165, 1.54) is 77.0 Å². The maximum atomic E-state index is 5.29. The van der Waals surface area contributed by atoms with Gasteiger partial charge in [0.15, 0.2) is 5.82 Å². The van der Waals surface area contributed by atoms with Crippen LogP contribution in [0, 0.1) is 0 Å². The standard InChI is InChI=1S/C61H42N2/c1-61(2)56-37-43-22-10-9-21-42(43)36-55(56)54-30-16-29-53(59(54)61)51-32-31-49(45-25-11-12-26-46(45)51)50-33-34-52(48-28-14-13-27-47(48)50)58-38-57(62-60(63-58)40-19-7-4-8-20-40)44-24-15-23-41(35-44)39-17-5-3-6-18-39/h3-38H,1-2H3. The van der Waals surface area contributed by atoms with E-state index in [1.807, 2.05) is 18.2 Å². The van der Waals surface area contributed by atoms with Crippen LogP contribution in [0.5, 0.6) is 0 Å². The summed E-state index contributed by atoms with van der Waals surface area (Å²) >= 11 is 0. The third kappa shape index (κ3) is 6.09. The molecule has 1 heterocycles. The molecule has 10 aromatic carbocycles. The SMILES string of the molecule is CC1(C)c2cc3ccccc3cc2-c2cccc(-c3ccc(-c4ccc(-c5cc(-c6cccc(-c7ccccc7)c6)nc(-c6ccccc6)n5)c5ccccc45)c4ccccc34)c21. The Labute approximate surface area is 367 Å². The fourth-order valence-corrected chi connectivity index (χ4v) is 10.3. The first-order valence-corrected chi connectivity index (χ1v) is 21.8. The molecule has 0 fully saturated rings. The summed E-state index contributed by atoms with van der Waals surface area (Å²) in [6.45, 7) is 4.79. The van der Waals surface area contributed by atoms with Crippen LogP contribution < -0.4 is 0 Å². The Kier molecular flexibility index (Phi) is 8.55. The Morgan fingerprint density at radius 1 is 0.302 bits per heavy atom. The minimum Gasteiger partial charge on any atom is -0.228 e. The molecule has 1 aliphatic rings. The van der Waals surface area contributed by atoms with Crippen LogP contribution in [0.1, 0.15) is 25.0 Å². The Morgan fingerprint density at radius 2 is 0.762 bits per heavy atom. The number of nitrogens with zero attached hydrogens (tertiary/aromatic N) is 2. The van der Waals surface area contributed by atoms with Crippen LogP contribution >= 0.6 is 0 Å². The lowest BCUT2D eigenvalue weighted by atomic mass is 9.77. The quantitative estimate of drug-likeness (QED) is 0.167.